The lowest BCUT2D eigenvalue weighted by Crippen LogP contribution is -2.06. The van der Waals surface area contributed by atoms with Gasteiger partial charge in [-0.1, -0.05) is 23.2 Å². The molecule has 3 heterocycles. The first-order valence-electron chi connectivity index (χ1n) is 7.66. The first-order valence-corrected chi connectivity index (χ1v) is 8.42. The van der Waals surface area contributed by atoms with Gasteiger partial charge in [0.1, 0.15) is 11.2 Å². The molecular formula is C18H9Cl2F3N4. The predicted molar refractivity (Wildman–Crippen MR) is 97.1 cm³/mol. The molecule has 0 fully saturated rings. The first kappa shape index (κ1) is 17.8. The van der Waals surface area contributed by atoms with Crippen molar-refractivity contribution in [2.75, 3.05) is 0 Å². The zero-order chi connectivity index (χ0) is 19.2. The van der Waals surface area contributed by atoms with Gasteiger partial charge in [-0.25, -0.2) is 4.68 Å². The van der Waals surface area contributed by atoms with Crippen LogP contribution in [0.15, 0.2) is 55.0 Å². The summed E-state index contributed by atoms with van der Waals surface area (Å²) in [5.74, 6) is 0. The molecule has 0 aliphatic carbocycles. The maximum absolute atomic E-state index is 13.2. The van der Waals surface area contributed by atoms with Gasteiger partial charge >= 0.3 is 6.18 Å². The van der Waals surface area contributed by atoms with Crippen molar-refractivity contribution in [1.82, 2.24) is 19.7 Å². The molecule has 4 rings (SSSR count). The van der Waals surface area contributed by atoms with E-state index in [9.17, 15) is 13.2 Å². The molecule has 9 heteroatoms. The van der Waals surface area contributed by atoms with Crippen LogP contribution < -0.4 is 0 Å². The summed E-state index contributed by atoms with van der Waals surface area (Å²) in [7, 11) is 0. The molecule has 0 spiro atoms. The molecule has 136 valence electrons. The van der Waals surface area contributed by atoms with Gasteiger partial charge in [0.15, 0.2) is 0 Å². The van der Waals surface area contributed by atoms with Crippen LogP contribution in [0.3, 0.4) is 0 Å². The molecule has 0 bridgehead atoms. The zero-order valence-electron chi connectivity index (χ0n) is 13.4. The average Bonchev–Trinajstić information content (AvgIpc) is 3.00. The summed E-state index contributed by atoms with van der Waals surface area (Å²) in [5.41, 5.74) is 1.02. The summed E-state index contributed by atoms with van der Waals surface area (Å²) in [6.45, 7) is 0. The van der Waals surface area contributed by atoms with Crippen molar-refractivity contribution in [3.8, 4) is 16.9 Å². The third-order valence-corrected chi connectivity index (χ3v) is 4.46. The summed E-state index contributed by atoms with van der Waals surface area (Å²) < 4.78 is 40.9. The number of fused-ring (bicyclic) bond motifs is 1. The van der Waals surface area contributed by atoms with Gasteiger partial charge in [0, 0.05) is 29.2 Å². The average molecular weight is 409 g/mol. The summed E-state index contributed by atoms with van der Waals surface area (Å²) in [6.07, 6.45) is -0.588. The number of benzene rings is 1. The quantitative estimate of drug-likeness (QED) is 0.420. The van der Waals surface area contributed by atoms with Crippen molar-refractivity contribution in [3.05, 3.63) is 70.6 Å². The highest BCUT2D eigenvalue weighted by Crippen LogP contribution is 2.35. The molecule has 0 amide bonds. The van der Waals surface area contributed by atoms with E-state index in [4.69, 9.17) is 23.2 Å². The van der Waals surface area contributed by atoms with Gasteiger partial charge in [-0.2, -0.15) is 18.3 Å². The molecule has 0 radical (unpaired) electrons. The van der Waals surface area contributed by atoms with E-state index in [-0.39, 0.29) is 10.5 Å². The highest BCUT2D eigenvalue weighted by atomic mass is 35.5. The Morgan fingerprint density at radius 3 is 2.48 bits per heavy atom. The van der Waals surface area contributed by atoms with Crippen molar-refractivity contribution in [3.63, 3.8) is 0 Å². The van der Waals surface area contributed by atoms with Gasteiger partial charge in [-0.3, -0.25) is 9.97 Å². The molecule has 4 aromatic rings. The number of nitrogens with zero attached hydrogens (tertiary/aromatic N) is 4. The monoisotopic (exact) mass is 408 g/mol. The van der Waals surface area contributed by atoms with E-state index in [0.717, 1.165) is 12.3 Å². The second-order valence-corrected chi connectivity index (χ2v) is 6.53. The topological polar surface area (TPSA) is 43.6 Å². The molecule has 0 saturated carbocycles. The van der Waals surface area contributed by atoms with E-state index in [1.807, 2.05) is 0 Å². The maximum Gasteiger partial charge on any atom is 0.417 e. The highest BCUT2D eigenvalue weighted by Gasteiger charge is 2.32. The van der Waals surface area contributed by atoms with Crippen LogP contribution in [0.1, 0.15) is 5.56 Å². The van der Waals surface area contributed by atoms with Gasteiger partial charge in [0.2, 0.25) is 0 Å². The van der Waals surface area contributed by atoms with Gasteiger partial charge in [0.05, 0.1) is 21.8 Å². The number of hydrogen-bond acceptors (Lipinski definition) is 3. The Bertz CT molecular complexity index is 1140. The van der Waals surface area contributed by atoms with Crippen LogP contribution in [0.25, 0.3) is 28.0 Å². The van der Waals surface area contributed by atoms with Crippen LogP contribution in [0, 0.1) is 0 Å². The number of pyridine rings is 2. The summed E-state index contributed by atoms with van der Waals surface area (Å²) in [6, 6.07) is 9.13. The Morgan fingerprint density at radius 1 is 1.00 bits per heavy atom. The van der Waals surface area contributed by atoms with Crippen LogP contribution in [-0.2, 0) is 6.18 Å². The van der Waals surface area contributed by atoms with E-state index >= 15 is 0 Å². The standard InChI is InChI=1S/C18H9Cl2F3N4/c19-12-3-4-14(13(20)7-12)27-15-6-11(18(21,22)23)9-25-17(15)16(26-27)10-2-1-5-24-8-10/h1-9H. The highest BCUT2D eigenvalue weighted by molar-refractivity contribution is 6.35. The van der Waals surface area contributed by atoms with Crippen LogP contribution in [0.2, 0.25) is 10.0 Å². The van der Waals surface area contributed by atoms with Crippen molar-refractivity contribution in [2.24, 2.45) is 0 Å². The Labute approximate surface area is 161 Å². The zero-order valence-corrected chi connectivity index (χ0v) is 14.9. The Hall–Kier alpha value is -2.64. The second kappa shape index (κ2) is 6.51. The lowest BCUT2D eigenvalue weighted by atomic mass is 10.1. The smallest absolute Gasteiger partial charge is 0.264 e. The number of alkyl halides is 3. The molecular weight excluding hydrogens is 400 g/mol. The molecule has 3 aromatic heterocycles. The van der Waals surface area contributed by atoms with Gasteiger partial charge < -0.3 is 0 Å². The van der Waals surface area contributed by atoms with Crippen LogP contribution in [0.4, 0.5) is 13.2 Å². The van der Waals surface area contributed by atoms with Crippen molar-refractivity contribution >= 4 is 34.2 Å². The SMILES string of the molecule is FC(F)(F)c1cnc2c(-c3cccnc3)nn(-c3ccc(Cl)cc3Cl)c2c1. The van der Waals surface area contributed by atoms with E-state index in [2.05, 4.69) is 15.1 Å². The molecule has 27 heavy (non-hydrogen) atoms. The van der Waals surface area contributed by atoms with E-state index in [1.54, 1.807) is 36.7 Å². The summed E-state index contributed by atoms with van der Waals surface area (Å²) in [4.78, 5) is 8.05. The minimum Gasteiger partial charge on any atom is -0.264 e. The molecule has 0 unspecified atom stereocenters. The molecule has 0 N–H and O–H groups in total. The molecule has 0 saturated heterocycles. The third kappa shape index (κ3) is 3.24. The minimum atomic E-state index is -4.53. The third-order valence-electron chi connectivity index (χ3n) is 3.92. The van der Waals surface area contributed by atoms with Gasteiger partial charge in [0.25, 0.3) is 0 Å². The maximum atomic E-state index is 13.2. The summed E-state index contributed by atoms with van der Waals surface area (Å²) in [5, 5.41) is 5.12. The lowest BCUT2D eigenvalue weighted by molar-refractivity contribution is -0.137. The lowest BCUT2D eigenvalue weighted by Gasteiger charge is -2.08. The minimum absolute atomic E-state index is 0.174. The number of halogens is 5. The fourth-order valence-electron chi connectivity index (χ4n) is 2.69. The van der Waals surface area contributed by atoms with E-state index < -0.39 is 11.7 Å². The van der Waals surface area contributed by atoms with Crippen LogP contribution in [-0.4, -0.2) is 19.7 Å². The van der Waals surface area contributed by atoms with E-state index in [1.165, 1.54) is 10.7 Å². The van der Waals surface area contributed by atoms with Crippen LogP contribution in [0.5, 0.6) is 0 Å². The fraction of sp³-hybridized carbons (Fsp3) is 0.0556. The number of rotatable bonds is 2. The number of hydrogen-bond donors (Lipinski definition) is 0. The first-order chi connectivity index (χ1) is 12.8. The normalized spacial score (nSPS) is 11.9. The fourth-order valence-corrected chi connectivity index (χ4v) is 3.18. The largest absolute Gasteiger partial charge is 0.417 e. The van der Waals surface area contributed by atoms with Crippen LogP contribution >= 0.6 is 23.2 Å². The Kier molecular flexibility index (Phi) is 4.28. The predicted octanol–water partition coefficient (Wildman–Crippen LogP) is 5.81. The Balaban J connectivity index is 2.04. The van der Waals surface area contributed by atoms with Gasteiger partial charge in [-0.15, -0.1) is 0 Å². The molecule has 0 aliphatic heterocycles. The molecule has 4 nitrogen and oxygen atoms in total. The molecule has 0 aliphatic rings. The second-order valence-electron chi connectivity index (χ2n) is 5.69. The molecule has 1 aromatic carbocycles. The van der Waals surface area contributed by atoms with Gasteiger partial charge in [-0.05, 0) is 36.4 Å². The van der Waals surface area contributed by atoms with Crippen molar-refractivity contribution in [1.29, 1.82) is 0 Å². The van der Waals surface area contributed by atoms with E-state index in [0.29, 0.717) is 27.5 Å². The summed E-state index contributed by atoms with van der Waals surface area (Å²) >= 11 is 12.2. The van der Waals surface area contributed by atoms with Crippen molar-refractivity contribution in [2.45, 2.75) is 6.18 Å². The van der Waals surface area contributed by atoms with Crippen molar-refractivity contribution < 1.29 is 13.2 Å². The molecule has 0 atom stereocenters. The Morgan fingerprint density at radius 2 is 1.81 bits per heavy atom. The number of aromatic nitrogens is 4.